The predicted octanol–water partition coefficient (Wildman–Crippen LogP) is 22.1. The molecule has 0 spiro atoms. The Bertz CT molecular complexity index is 2420. The summed E-state index contributed by atoms with van der Waals surface area (Å²) in [5.41, 5.74) is 0. The van der Waals surface area contributed by atoms with Crippen molar-refractivity contribution in [2.45, 2.75) is 316 Å². The molecule has 0 aliphatic heterocycles. The second kappa shape index (κ2) is 72.5. The zero-order valence-electron chi connectivity index (χ0n) is 62.3. The van der Waals surface area contributed by atoms with Gasteiger partial charge >= 0.3 is 39.5 Å². The standard InChI is InChI=1S/C81H136O17P2/c1-5-9-13-17-21-25-29-32-35-36-37-38-41-43-47-50-54-58-62-66-79(84)92-72-77(98-81(86)68-64-60-56-52-48-44-40-34-31-27-23-19-15-11-7-3)74-96-100(89,90)94-70-75(82)69-93-99(87,88)95-73-76(97-80(85)67-63-59-55-51-45-28-24-20-16-12-8-4)71-91-78(83)65-61-57-53-49-46-42-39-33-30-26-22-18-14-10-6-2/h9-10,13-14,20-27,32-35,37-40,46,49,75-77,82H,5-8,11-12,15-19,28-31,36,41-45,47-48,50-74H2,1-4H3,(H,87,88)(H,89,90)/b13-9-,14-10-,24-20-,25-21-,26-22-,27-23-,35-32-,38-37-,39-33-,40-34-,49-46-. The van der Waals surface area contributed by atoms with Crippen LogP contribution in [0.2, 0.25) is 0 Å². The summed E-state index contributed by atoms with van der Waals surface area (Å²) in [6.45, 7) is 4.48. The fourth-order valence-electron chi connectivity index (χ4n) is 9.74. The highest BCUT2D eigenvalue weighted by Crippen LogP contribution is 2.45. The molecule has 0 saturated heterocycles. The zero-order valence-corrected chi connectivity index (χ0v) is 64.1. The number of carbonyl (C=O) groups is 4. The first-order valence-electron chi connectivity index (χ1n) is 38.4. The fraction of sp³-hybridized carbons (Fsp3) is 0.679. The van der Waals surface area contributed by atoms with Gasteiger partial charge in [0.25, 0.3) is 0 Å². The molecule has 0 aromatic carbocycles. The van der Waals surface area contributed by atoms with E-state index < -0.39 is 97.5 Å². The number of phosphoric acid groups is 2. The van der Waals surface area contributed by atoms with Crippen LogP contribution in [-0.2, 0) is 65.4 Å². The molecule has 0 amide bonds. The predicted molar refractivity (Wildman–Crippen MR) is 408 cm³/mol. The van der Waals surface area contributed by atoms with Gasteiger partial charge in [-0.25, -0.2) is 9.13 Å². The third kappa shape index (κ3) is 71.6. The maximum Gasteiger partial charge on any atom is 0.472 e. The van der Waals surface area contributed by atoms with Gasteiger partial charge in [-0.3, -0.25) is 37.3 Å². The molecule has 5 unspecified atom stereocenters. The van der Waals surface area contributed by atoms with Gasteiger partial charge in [-0.1, -0.05) is 251 Å². The highest BCUT2D eigenvalue weighted by atomic mass is 31.2. The highest BCUT2D eigenvalue weighted by Gasteiger charge is 2.30. The molecular weight excluding hydrogens is 1310 g/mol. The van der Waals surface area contributed by atoms with Crippen molar-refractivity contribution in [3.63, 3.8) is 0 Å². The number of aliphatic hydroxyl groups is 1. The van der Waals surface area contributed by atoms with Crippen molar-refractivity contribution in [3.05, 3.63) is 134 Å². The number of ether oxygens (including phenoxy) is 4. The summed E-state index contributed by atoms with van der Waals surface area (Å²) in [5.74, 6) is -2.27. The largest absolute Gasteiger partial charge is 0.472 e. The monoisotopic (exact) mass is 1440 g/mol. The van der Waals surface area contributed by atoms with Gasteiger partial charge in [-0.05, 0) is 154 Å². The van der Waals surface area contributed by atoms with Crippen LogP contribution >= 0.6 is 15.6 Å². The van der Waals surface area contributed by atoms with Gasteiger partial charge in [0.15, 0.2) is 12.2 Å². The number of unbranched alkanes of at least 4 members (excludes halogenated alkanes) is 23. The van der Waals surface area contributed by atoms with Crippen LogP contribution in [0.5, 0.6) is 0 Å². The van der Waals surface area contributed by atoms with Gasteiger partial charge in [-0.2, -0.15) is 0 Å². The van der Waals surface area contributed by atoms with Crippen LogP contribution in [0.1, 0.15) is 297 Å². The average Bonchev–Trinajstić information content (AvgIpc) is 0.985. The van der Waals surface area contributed by atoms with E-state index in [0.717, 1.165) is 186 Å². The first kappa shape index (κ1) is 95.2. The Balaban J connectivity index is 5.38. The quantitative estimate of drug-likeness (QED) is 0.0169. The number of allylic oxidation sites excluding steroid dienone is 22. The van der Waals surface area contributed by atoms with Crippen molar-refractivity contribution in [1.82, 2.24) is 0 Å². The van der Waals surface area contributed by atoms with Crippen LogP contribution in [0.3, 0.4) is 0 Å². The summed E-state index contributed by atoms with van der Waals surface area (Å²) < 4.78 is 68.4. The summed E-state index contributed by atoms with van der Waals surface area (Å²) in [6, 6.07) is 0. The highest BCUT2D eigenvalue weighted by molar-refractivity contribution is 7.47. The van der Waals surface area contributed by atoms with E-state index in [4.69, 9.17) is 37.0 Å². The molecule has 0 aliphatic carbocycles. The maximum absolute atomic E-state index is 13.1. The summed E-state index contributed by atoms with van der Waals surface area (Å²) in [6.07, 6.45) is 80.2. The van der Waals surface area contributed by atoms with Crippen LogP contribution in [0.15, 0.2) is 134 Å². The Morgan fingerprint density at radius 2 is 0.530 bits per heavy atom. The Labute approximate surface area is 605 Å². The lowest BCUT2D eigenvalue weighted by atomic mass is 10.1. The molecular formula is C81H136O17P2. The number of aliphatic hydroxyl groups excluding tert-OH is 1. The van der Waals surface area contributed by atoms with Gasteiger partial charge in [0, 0.05) is 25.7 Å². The van der Waals surface area contributed by atoms with E-state index in [1.807, 2.05) is 0 Å². The molecule has 100 heavy (non-hydrogen) atoms. The van der Waals surface area contributed by atoms with Crippen molar-refractivity contribution >= 4 is 39.5 Å². The normalized spacial score (nSPS) is 14.7. The molecule has 0 aromatic heterocycles. The molecule has 0 aliphatic rings. The van der Waals surface area contributed by atoms with E-state index in [1.54, 1.807) is 0 Å². The smallest absolute Gasteiger partial charge is 0.462 e. The summed E-state index contributed by atoms with van der Waals surface area (Å²) >= 11 is 0. The van der Waals surface area contributed by atoms with E-state index in [1.165, 1.54) is 32.1 Å². The third-order valence-corrected chi connectivity index (χ3v) is 17.5. The second-order valence-electron chi connectivity index (χ2n) is 25.2. The number of hydrogen-bond acceptors (Lipinski definition) is 15. The first-order chi connectivity index (χ1) is 48.7. The van der Waals surface area contributed by atoms with E-state index in [2.05, 4.69) is 161 Å². The Morgan fingerprint density at radius 3 is 0.860 bits per heavy atom. The van der Waals surface area contributed by atoms with Crippen molar-refractivity contribution in [3.8, 4) is 0 Å². The first-order valence-corrected chi connectivity index (χ1v) is 41.4. The minimum absolute atomic E-state index is 0.0716. The molecule has 0 rings (SSSR count). The van der Waals surface area contributed by atoms with Crippen LogP contribution in [0.4, 0.5) is 0 Å². The van der Waals surface area contributed by atoms with E-state index >= 15 is 0 Å². The molecule has 572 valence electrons. The number of carbonyl (C=O) groups excluding carboxylic acids is 4. The van der Waals surface area contributed by atoms with Crippen molar-refractivity contribution < 1.29 is 80.2 Å². The molecule has 3 N–H and O–H groups in total. The van der Waals surface area contributed by atoms with Gasteiger partial charge in [0.1, 0.15) is 19.3 Å². The molecule has 0 heterocycles. The van der Waals surface area contributed by atoms with Gasteiger partial charge in [-0.15, -0.1) is 0 Å². The summed E-state index contributed by atoms with van der Waals surface area (Å²) in [5, 5.41) is 10.6. The van der Waals surface area contributed by atoms with Gasteiger partial charge < -0.3 is 33.8 Å². The number of hydrogen-bond donors (Lipinski definition) is 3. The van der Waals surface area contributed by atoms with Gasteiger partial charge in [0.2, 0.25) is 0 Å². The average molecular weight is 1440 g/mol. The molecule has 0 aromatic rings. The molecule has 5 atom stereocenters. The molecule has 0 saturated carbocycles. The van der Waals surface area contributed by atoms with Crippen molar-refractivity contribution in [1.29, 1.82) is 0 Å². The van der Waals surface area contributed by atoms with E-state index in [9.17, 15) is 43.2 Å². The van der Waals surface area contributed by atoms with Crippen molar-refractivity contribution in [2.75, 3.05) is 39.6 Å². The summed E-state index contributed by atoms with van der Waals surface area (Å²) in [7, 11) is -9.97. The zero-order chi connectivity index (χ0) is 73.2. The number of esters is 4. The van der Waals surface area contributed by atoms with Crippen LogP contribution < -0.4 is 0 Å². The SMILES string of the molecule is CC/C=C\C/C=C\C/C=C\C/C=C\CCCCCCCCC(=O)OCC(COP(=O)(O)OCC(O)COP(=O)(O)OCC(COC(=O)CCCC/C=C\C/C=C\C/C=C\C/C=C\CC)OC(=O)CCCCCCC/C=C\CCCC)OC(=O)CCCCCCC/C=C\C/C=C\CCCCC. The summed E-state index contributed by atoms with van der Waals surface area (Å²) in [4.78, 5) is 72.8. The lowest BCUT2D eigenvalue weighted by Gasteiger charge is -2.21. The molecule has 0 bridgehead atoms. The number of rotatable bonds is 71. The van der Waals surface area contributed by atoms with Gasteiger partial charge in [0.05, 0.1) is 26.4 Å². The molecule has 19 heteroatoms. The lowest BCUT2D eigenvalue weighted by molar-refractivity contribution is -0.161. The Morgan fingerprint density at radius 1 is 0.290 bits per heavy atom. The minimum atomic E-state index is -4.99. The van der Waals surface area contributed by atoms with Crippen LogP contribution in [0.25, 0.3) is 0 Å². The molecule has 0 radical (unpaired) electrons. The maximum atomic E-state index is 13.1. The minimum Gasteiger partial charge on any atom is -0.462 e. The van der Waals surface area contributed by atoms with E-state index in [-0.39, 0.29) is 25.7 Å². The molecule has 0 fully saturated rings. The topological polar surface area (TPSA) is 237 Å². The second-order valence-corrected chi connectivity index (χ2v) is 28.1. The lowest BCUT2D eigenvalue weighted by Crippen LogP contribution is -2.30. The fourth-order valence-corrected chi connectivity index (χ4v) is 11.3. The van der Waals surface area contributed by atoms with Crippen molar-refractivity contribution in [2.24, 2.45) is 0 Å². The Kier molecular flexibility index (Phi) is 69.1. The van der Waals surface area contributed by atoms with Crippen LogP contribution in [-0.4, -0.2) is 96.7 Å². The Hall–Kier alpha value is -4.80. The van der Waals surface area contributed by atoms with Crippen LogP contribution in [0, 0.1) is 0 Å². The third-order valence-electron chi connectivity index (χ3n) is 15.6. The van der Waals surface area contributed by atoms with E-state index in [0.29, 0.717) is 25.7 Å². The number of phosphoric ester groups is 2. The molecule has 17 nitrogen and oxygen atoms in total.